The predicted molar refractivity (Wildman–Crippen MR) is 80.6 cm³/mol. The molecule has 0 saturated carbocycles. The highest BCUT2D eigenvalue weighted by molar-refractivity contribution is 7.87. The maximum atomic E-state index is 11.9. The van der Waals surface area contributed by atoms with E-state index in [4.69, 9.17) is 5.11 Å². The Labute approximate surface area is 139 Å². The summed E-state index contributed by atoms with van der Waals surface area (Å²) in [4.78, 5) is 21.6. The summed E-state index contributed by atoms with van der Waals surface area (Å²) in [6.45, 7) is 0. The van der Waals surface area contributed by atoms with Crippen molar-refractivity contribution in [2.75, 3.05) is 0 Å². The highest BCUT2D eigenvalue weighted by atomic mass is 32.2. The van der Waals surface area contributed by atoms with Crippen molar-refractivity contribution in [3.8, 4) is 11.5 Å². The van der Waals surface area contributed by atoms with Crippen LogP contribution >= 0.6 is 0 Å². The molecule has 0 unspecified atom stereocenters. The Morgan fingerprint density at radius 2 is 1.48 bits per heavy atom. The molecule has 138 valence electrons. The number of pyridine rings is 2. The molecule has 0 aromatic carbocycles. The first-order chi connectivity index (χ1) is 11.3. The summed E-state index contributed by atoms with van der Waals surface area (Å²) in [7, 11) is -2.75. The summed E-state index contributed by atoms with van der Waals surface area (Å²) in [6, 6.07) is 4.20. The van der Waals surface area contributed by atoms with Gasteiger partial charge in [0.1, 0.15) is 11.5 Å². The monoisotopic (exact) mass is 382 g/mol. The van der Waals surface area contributed by atoms with Gasteiger partial charge >= 0.3 is 15.6 Å². The van der Waals surface area contributed by atoms with Crippen molar-refractivity contribution in [2.24, 2.45) is 14.1 Å². The lowest BCUT2D eigenvalue weighted by Gasteiger charge is -2.09. The van der Waals surface area contributed by atoms with Gasteiger partial charge in [-0.25, -0.2) is 0 Å². The van der Waals surface area contributed by atoms with Crippen molar-refractivity contribution in [2.45, 2.75) is 5.51 Å². The molecule has 0 aliphatic carbocycles. The molecule has 0 aliphatic heterocycles. The van der Waals surface area contributed by atoms with Crippen LogP contribution < -0.4 is 15.3 Å². The van der Waals surface area contributed by atoms with E-state index in [0.29, 0.717) is 6.07 Å². The molecular formula is C13H13F3N2O6S. The van der Waals surface area contributed by atoms with Gasteiger partial charge in [0.05, 0.1) is 0 Å². The number of rotatable bonds is 2. The van der Waals surface area contributed by atoms with Crippen molar-refractivity contribution >= 4 is 10.1 Å². The fourth-order valence-corrected chi connectivity index (χ4v) is 1.75. The maximum Gasteiger partial charge on any atom is 0.534 e. The number of nitrogens with zero attached hydrogens (tertiary/aromatic N) is 2. The van der Waals surface area contributed by atoms with E-state index in [0.717, 1.165) is 16.8 Å². The minimum Gasteiger partial charge on any atom is -0.508 e. The molecule has 0 atom stereocenters. The Bertz CT molecular complexity index is 963. The van der Waals surface area contributed by atoms with Crippen LogP contribution in [0.5, 0.6) is 11.5 Å². The average molecular weight is 382 g/mol. The summed E-state index contributed by atoms with van der Waals surface area (Å²) < 4.78 is 63.0. The molecule has 2 rings (SSSR count). The molecule has 0 saturated heterocycles. The first-order valence-corrected chi connectivity index (χ1v) is 7.77. The number of hydrogen-bond donors (Lipinski definition) is 1. The third-order valence-corrected chi connectivity index (χ3v) is 3.63. The van der Waals surface area contributed by atoms with Crippen LogP contribution in [-0.4, -0.2) is 28.2 Å². The highest BCUT2D eigenvalue weighted by Gasteiger charge is 2.48. The molecule has 1 N–H and O–H groups in total. The first-order valence-electron chi connectivity index (χ1n) is 6.36. The SMILES string of the molecule is Cn1ccc(O)cc1=O.Cn1ccc(OS(=O)(=O)C(F)(F)F)cc1=O. The average Bonchev–Trinajstić information content (AvgIpc) is 2.46. The Hall–Kier alpha value is -2.76. The number of aromatic hydroxyl groups is 1. The van der Waals surface area contributed by atoms with Crippen molar-refractivity contribution in [3.63, 3.8) is 0 Å². The summed E-state index contributed by atoms with van der Waals surface area (Å²) in [5.74, 6) is -0.668. The molecule has 0 fully saturated rings. The molecule has 2 aromatic rings. The van der Waals surface area contributed by atoms with E-state index in [-0.39, 0.29) is 11.3 Å². The van der Waals surface area contributed by atoms with Crippen LogP contribution in [0.2, 0.25) is 0 Å². The van der Waals surface area contributed by atoms with Gasteiger partial charge in [-0.05, 0) is 12.1 Å². The van der Waals surface area contributed by atoms with E-state index in [9.17, 15) is 31.2 Å². The zero-order chi connectivity index (χ0) is 19.4. The molecule has 25 heavy (non-hydrogen) atoms. The minimum absolute atomic E-state index is 0.0121. The highest BCUT2D eigenvalue weighted by Crippen LogP contribution is 2.25. The molecule has 2 heterocycles. The third-order valence-electron chi connectivity index (χ3n) is 2.65. The first kappa shape index (κ1) is 20.3. The van der Waals surface area contributed by atoms with Gasteiger partial charge in [-0.1, -0.05) is 0 Å². The molecular weight excluding hydrogens is 369 g/mol. The van der Waals surface area contributed by atoms with Crippen molar-refractivity contribution < 1.29 is 30.9 Å². The Morgan fingerprint density at radius 3 is 1.88 bits per heavy atom. The van der Waals surface area contributed by atoms with E-state index < -0.39 is 26.9 Å². The third kappa shape index (κ3) is 5.67. The van der Waals surface area contributed by atoms with Crippen molar-refractivity contribution in [1.29, 1.82) is 0 Å². The van der Waals surface area contributed by atoms with Gasteiger partial charge in [0.15, 0.2) is 0 Å². The van der Waals surface area contributed by atoms with Gasteiger partial charge in [0.25, 0.3) is 11.1 Å². The van der Waals surface area contributed by atoms with Crippen LogP contribution in [-0.2, 0) is 24.2 Å². The second-order valence-electron chi connectivity index (χ2n) is 4.63. The maximum absolute atomic E-state index is 11.9. The molecule has 2 aromatic heterocycles. The predicted octanol–water partition coefficient (Wildman–Crippen LogP) is 0.705. The van der Waals surface area contributed by atoms with Crippen LogP contribution in [0, 0.1) is 0 Å². The number of hydrogen-bond acceptors (Lipinski definition) is 6. The Balaban J connectivity index is 0.000000293. The molecule has 0 radical (unpaired) electrons. The topological polar surface area (TPSA) is 108 Å². The fourth-order valence-electron chi connectivity index (χ4n) is 1.29. The Kier molecular flexibility index (Phi) is 6.02. The molecule has 0 aliphatic rings. The normalized spacial score (nSPS) is 11.4. The smallest absolute Gasteiger partial charge is 0.508 e. The van der Waals surface area contributed by atoms with Gasteiger partial charge < -0.3 is 18.4 Å². The van der Waals surface area contributed by atoms with Crippen LogP contribution in [0.3, 0.4) is 0 Å². The quantitative estimate of drug-likeness (QED) is 0.605. The summed E-state index contributed by atoms with van der Waals surface area (Å²) in [5, 5.41) is 8.72. The molecule has 8 nitrogen and oxygen atoms in total. The lowest BCUT2D eigenvalue weighted by atomic mass is 10.4. The second-order valence-corrected chi connectivity index (χ2v) is 6.17. The van der Waals surface area contributed by atoms with Gasteiger partial charge in [0.2, 0.25) is 0 Å². The van der Waals surface area contributed by atoms with Crippen molar-refractivity contribution in [3.05, 3.63) is 57.4 Å². The lowest BCUT2D eigenvalue weighted by Crippen LogP contribution is -2.28. The van der Waals surface area contributed by atoms with Crippen molar-refractivity contribution in [1.82, 2.24) is 9.13 Å². The van der Waals surface area contributed by atoms with E-state index >= 15 is 0 Å². The Morgan fingerprint density at radius 1 is 1.00 bits per heavy atom. The minimum atomic E-state index is -5.73. The van der Waals surface area contributed by atoms with Crippen LogP contribution in [0.15, 0.2) is 46.2 Å². The second kappa shape index (κ2) is 7.42. The van der Waals surface area contributed by atoms with E-state index in [1.165, 1.54) is 29.9 Å². The van der Waals surface area contributed by atoms with Gasteiger partial charge in [-0.15, -0.1) is 0 Å². The summed E-state index contributed by atoms with van der Waals surface area (Å²) in [6.07, 6.45) is 2.60. The van der Waals surface area contributed by atoms with Crippen LogP contribution in [0.1, 0.15) is 0 Å². The molecule has 0 amide bonds. The largest absolute Gasteiger partial charge is 0.534 e. The number of aromatic nitrogens is 2. The van der Waals surface area contributed by atoms with Gasteiger partial charge in [0, 0.05) is 38.6 Å². The van der Waals surface area contributed by atoms with E-state index in [1.807, 2.05) is 0 Å². The zero-order valence-electron chi connectivity index (χ0n) is 12.9. The molecule has 12 heteroatoms. The van der Waals surface area contributed by atoms with Crippen LogP contribution in [0.25, 0.3) is 0 Å². The number of halogens is 3. The fraction of sp³-hybridized carbons (Fsp3) is 0.231. The summed E-state index contributed by atoms with van der Waals surface area (Å²) in [5.41, 5.74) is -6.40. The molecule has 0 bridgehead atoms. The number of alkyl halides is 3. The zero-order valence-corrected chi connectivity index (χ0v) is 13.7. The van der Waals surface area contributed by atoms with Gasteiger partial charge in [-0.2, -0.15) is 21.6 Å². The summed E-state index contributed by atoms with van der Waals surface area (Å²) >= 11 is 0. The van der Waals surface area contributed by atoms with Gasteiger partial charge in [-0.3, -0.25) is 9.59 Å². The standard InChI is InChI=1S/C7H6F3NO4S.C6H7NO2/c1-11-3-2-5(4-6(11)12)15-16(13,14)7(8,9)10;1-7-3-2-5(8)4-6(7)9/h2-4H,1H3;2-4,8H,1H3. The van der Waals surface area contributed by atoms with Crippen LogP contribution in [0.4, 0.5) is 13.2 Å². The van der Waals surface area contributed by atoms with E-state index in [1.54, 1.807) is 7.05 Å². The number of aryl methyl sites for hydroxylation is 2. The lowest BCUT2D eigenvalue weighted by molar-refractivity contribution is -0.0500. The van der Waals surface area contributed by atoms with E-state index in [2.05, 4.69) is 4.18 Å². The molecule has 0 spiro atoms.